The number of aromatic nitrogens is 2. The Morgan fingerprint density at radius 2 is 1.90 bits per heavy atom. The maximum absolute atomic E-state index is 12.1. The highest BCUT2D eigenvalue weighted by Gasteiger charge is 2.29. The second-order valence-electron chi connectivity index (χ2n) is 6.80. The molecule has 0 saturated carbocycles. The van der Waals surface area contributed by atoms with E-state index in [2.05, 4.69) is 20.1 Å². The largest absolute Gasteiger partial charge is 0.356 e. The highest BCUT2D eigenvalue weighted by molar-refractivity contribution is 7.90. The van der Waals surface area contributed by atoms with Crippen molar-refractivity contribution in [1.82, 2.24) is 19.8 Å². The van der Waals surface area contributed by atoms with Crippen molar-refractivity contribution in [3.63, 3.8) is 0 Å². The van der Waals surface area contributed by atoms with Gasteiger partial charge in [0.2, 0.25) is 5.91 Å². The molecule has 2 aromatic carbocycles. The van der Waals surface area contributed by atoms with Gasteiger partial charge in [-0.25, -0.2) is 13.1 Å². The van der Waals surface area contributed by atoms with Gasteiger partial charge in [-0.1, -0.05) is 24.3 Å². The van der Waals surface area contributed by atoms with Crippen LogP contribution in [0.4, 0.5) is 0 Å². The summed E-state index contributed by atoms with van der Waals surface area (Å²) in [6.45, 7) is 0.725. The maximum atomic E-state index is 12.1. The van der Waals surface area contributed by atoms with E-state index in [9.17, 15) is 13.2 Å². The van der Waals surface area contributed by atoms with Crippen molar-refractivity contribution in [1.29, 1.82) is 0 Å². The fourth-order valence-corrected chi connectivity index (χ4v) is 4.44. The van der Waals surface area contributed by atoms with Crippen molar-refractivity contribution >= 4 is 21.8 Å². The second-order valence-corrected chi connectivity index (χ2v) is 8.45. The molecule has 0 spiro atoms. The third-order valence-electron chi connectivity index (χ3n) is 4.71. The van der Waals surface area contributed by atoms with Crippen LogP contribution in [0.3, 0.4) is 0 Å². The zero-order chi connectivity index (χ0) is 21.0. The SMILES string of the molecule is O=C(CCN=C1NS(=O)(=O)c2ccccc21)NCCc1ccc(-n2cccn2)cc1. The molecule has 1 aliphatic heterocycles. The van der Waals surface area contributed by atoms with Crippen LogP contribution in [0, 0.1) is 0 Å². The number of amides is 1. The molecule has 1 amide bonds. The molecule has 0 bridgehead atoms. The van der Waals surface area contributed by atoms with E-state index in [1.165, 1.54) is 6.07 Å². The van der Waals surface area contributed by atoms with Gasteiger partial charge in [-0.3, -0.25) is 14.5 Å². The molecule has 1 aromatic heterocycles. The van der Waals surface area contributed by atoms with Gasteiger partial charge in [0, 0.05) is 30.9 Å². The quantitative estimate of drug-likeness (QED) is 0.603. The number of hydrogen-bond donors (Lipinski definition) is 2. The highest BCUT2D eigenvalue weighted by Crippen LogP contribution is 2.22. The molecule has 0 atom stereocenters. The van der Waals surface area contributed by atoms with E-state index in [1.54, 1.807) is 29.1 Å². The van der Waals surface area contributed by atoms with Crippen LogP contribution in [-0.4, -0.2) is 43.0 Å². The zero-order valence-electron chi connectivity index (χ0n) is 16.2. The Kier molecular flexibility index (Phi) is 5.62. The topological polar surface area (TPSA) is 105 Å². The Morgan fingerprint density at radius 1 is 1.10 bits per heavy atom. The highest BCUT2D eigenvalue weighted by atomic mass is 32.2. The minimum absolute atomic E-state index is 0.123. The summed E-state index contributed by atoms with van der Waals surface area (Å²) >= 11 is 0. The minimum atomic E-state index is -3.55. The number of carbonyl (C=O) groups excluding carboxylic acids is 1. The minimum Gasteiger partial charge on any atom is -0.356 e. The standard InChI is InChI=1S/C21H21N5O3S/c27-20(11-14-23-21-18-4-1-2-5-19(18)30(28,29)25-21)22-13-10-16-6-8-17(9-7-16)26-15-3-12-24-26/h1-9,12,15H,10-11,13-14H2,(H,22,27)(H,23,25). The van der Waals surface area contributed by atoms with E-state index in [0.29, 0.717) is 18.5 Å². The average molecular weight is 423 g/mol. The average Bonchev–Trinajstić information content (AvgIpc) is 3.36. The van der Waals surface area contributed by atoms with Crippen LogP contribution in [0.15, 0.2) is 76.9 Å². The first kappa shape index (κ1) is 19.8. The zero-order valence-corrected chi connectivity index (χ0v) is 17.0. The van der Waals surface area contributed by atoms with Gasteiger partial charge in [0.05, 0.1) is 17.1 Å². The van der Waals surface area contributed by atoms with Crippen molar-refractivity contribution in [2.24, 2.45) is 4.99 Å². The molecule has 0 unspecified atom stereocenters. The molecule has 9 heteroatoms. The normalized spacial score (nSPS) is 15.5. The number of nitrogens with zero attached hydrogens (tertiary/aromatic N) is 3. The van der Waals surface area contributed by atoms with Crippen LogP contribution < -0.4 is 10.0 Å². The van der Waals surface area contributed by atoms with Gasteiger partial charge in [0.1, 0.15) is 5.84 Å². The first-order valence-corrected chi connectivity index (χ1v) is 11.0. The summed E-state index contributed by atoms with van der Waals surface area (Å²) in [5.74, 6) is 0.164. The molecule has 0 aliphatic carbocycles. The van der Waals surface area contributed by atoms with Crippen molar-refractivity contribution in [3.8, 4) is 5.69 Å². The lowest BCUT2D eigenvalue weighted by molar-refractivity contribution is -0.120. The van der Waals surface area contributed by atoms with Gasteiger partial charge in [-0.05, 0) is 42.3 Å². The van der Waals surface area contributed by atoms with Crippen molar-refractivity contribution in [2.45, 2.75) is 17.7 Å². The van der Waals surface area contributed by atoms with Crippen LogP contribution in [0.25, 0.3) is 5.69 Å². The molecule has 3 aromatic rings. The monoisotopic (exact) mass is 423 g/mol. The molecular formula is C21H21N5O3S. The summed E-state index contributed by atoms with van der Waals surface area (Å²) in [7, 11) is -3.55. The number of nitrogens with one attached hydrogen (secondary N) is 2. The van der Waals surface area contributed by atoms with E-state index < -0.39 is 10.0 Å². The third kappa shape index (κ3) is 4.41. The van der Waals surface area contributed by atoms with E-state index in [4.69, 9.17) is 0 Å². The molecule has 0 fully saturated rings. The summed E-state index contributed by atoms with van der Waals surface area (Å²) in [6.07, 6.45) is 4.51. The number of sulfonamides is 1. The van der Waals surface area contributed by atoms with E-state index in [0.717, 1.165) is 11.3 Å². The summed E-state index contributed by atoms with van der Waals surface area (Å²) in [5.41, 5.74) is 2.64. The first-order chi connectivity index (χ1) is 14.5. The molecule has 4 rings (SSSR count). The number of carbonyl (C=O) groups is 1. The van der Waals surface area contributed by atoms with E-state index >= 15 is 0 Å². The maximum Gasteiger partial charge on any atom is 0.263 e. The molecule has 1 aliphatic rings. The van der Waals surface area contributed by atoms with Crippen LogP contribution in [-0.2, 0) is 21.2 Å². The molecular weight excluding hydrogens is 402 g/mol. The lowest BCUT2D eigenvalue weighted by Gasteiger charge is -2.06. The number of benzene rings is 2. The molecule has 2 N–H and O–H groups in total. The van der Waals surface area contributed by atoms with Gasteiger partial charge >= 0.3 is 0 Å². The lowest BCUT2D eigenvalue weighted by atomic mass is 10.1. The van der Waals surface area contributed by atoms with Crippen LogP contribution in [0.1, 0.15) is 17.5 Å². The lowest BCUT2D eigenvalue weighted by Crippen LogP contribution is -2.27. The molecule has 8 nitrogen and oxygen atoms in total. The van der Waals surface area contributed by atoms with E-state index in [-0.39, 0.29) is 29.6 Å². The Balaban J connectivity index is 1.24. The predicted molar refractivity (Wildman–Crippen MR) is 113 cm³/mol. The Bertz CT molecular complexity index is 1170. The second kappa shape index (κ2) is 8.50. The summed E-state index contributed by atoms with van der Waals surface area (Å²) < 4.78 is 28.3. The number of amidine groups is 1. The molecule has 2 heterocycles. The number of aliphatic imine (C=N–C) groups is 1. The Morgan fingerprint density at radius 3 is 2.67 bits per heavy atom. The van der Waals surface area contributed by atoms with Crippen molar-refractivity contribution < 1.29 is 13.2 Å². The fourth-order valence-electron chi connectivity index (χ4n) is 3.19. The number of fused-ring (bicyclic) bond motifs is 1. The van der Waals surface area contributed by atoms with Crippen molar-refractivity contribution in [2.75, 3.05) is 13.1 Å². The molecule has 0 radical (unpaired) electrons. The van der Waals surface area contributed by atoms with Crippen molar-refractivity contribution in [3.05, 3.63) is 78.1 Å². The first-order valence-electron chi connectivity index (χ1n) is 9.55. The number of rotatable bonds is 7. The Labute approximate surface area is 174 Å². The summed E-state index contributed by atoms with van der Waals surface area (Å²) in [4.78, 5) is 16.5. The van der Waals surface area contributed by atoms with Crippen LogP contribution >= 0.6 is 0 Å². The van der Waals surface area contributed by atoms with Gasteiger partial charge < -0.3 is 5.32 Å². The van der Waals surface area contributed by atoms with Gasteiger partial charge in [0.15, 0.2) is 0 Å². The van der Waals surface area contributed by atoms with Gasteiger partial charge in [-0.15, -0.1) is 0 Å². The summed E-state index contributed by atoms with van der Waals surface area (Å²) in [6, 6.07) is 16.5. The summed E-state index contributed by atoms with van der Waals surface area (Å²) in [5, 5.41) is 7.06. The smallest absolute Gasteiger partial charge is 0.263 e. The van der Waals surface area contributed by atoms with Gasteiger partial charge in [0.25, 0.3) is 10.0 Å². The predicted octanol–water partition coefficient (Wildman–Crippen LogP) is 1.66. The van der Waals surface area contributed by atoms with Crippen LogP contribution in [0.2, 0.25) is 0 Å². The Hall–Kier alpha value is -3.46. The third-order valence-corrected chi connectivity index (χ3v) is 6.11. The molecule has 0 saturated heterocycles. The van der Waals surface area contributed by atoms with E-state index in [1.807, 2.05) is 36.5 Å². The molecule has 30 heavy (non-hydrogen) atoms. The number of hydrogen-bond acceptors (Lipinski definition) is 5. The van der Waals surface area contributed by atoms with Gasteiger partial charge in [-0.2, -0.15) is 5.10 Å². The van der Waals surface area contributed by atoms with Crippen LogP contribution in [0.5, 0.6) is 0 Å². The fraction of sp³-hybridized carbons (Fsp3) is 0.190. The molecule has 154 valence electrons.